The molecular weight excluding hydrogens is 352 g/mol. The standard InChI is InChI=1S/C16H14BrClN2O/c17-13-8-11(4-5-14(13)18)16(21)20-15-3-1-2-10-6-7-19-9-12(10)15/h1-5,8,19H,6-7,9H2,(H,20,21). The maximum atomic E-state index is 12.4. The lowest BCUT2D eigenvalue weighted by molar-refractivity contribution is 0.102. The van der Waals surface area contributed by atoms with Crippen molar-refractivity contribution in [1.82, 2.24) is 5.32 Å². The first kappa shape index (κ1) is 14.6. The van der Waals surface area contributed by atoms with Crippen LogP contribution in [0.15, 0.2) is 40.9 Å². The Labute approximate surface area is 136 Å². The Balaban J connectivity index is 1.86. The van der Waals surface area contributed by atoms with Crippen molar-refractivity contribution in [2.75, 3.05) is 11.9 Å². The van der Waals surface area contributed by atoms with E-state index in [0.29, 0.717) is 15.1 Å². The molecule has 0 radical (unpaired) electrons. The molecule has 0 aromatic heterocycles. The van der Waals surface area contributed by atoms with E-state index < -0.39 is 0 Å². The van der Waals surface area contributed by atoms with Gasteiger partial charge in [-0.15, -0.1) is 0 Å². The van der Waals surface area contributed by atoms with E-state index in [0.717, 1.165) is 25.2 Å². The molecule has 3 rings (SSSR count). The van der Waals surface area contributed by atoms with Crippen molar-refractivity contribution in [3.05, 3.63) is 62.6 Å². The number of hydrogen-bond donors (Lipinski definition) is 2. The minimum absolute atomic E-state index is 0.133. The highest BCUT2D eigenvalue weighted by atomic mass is 79.9. The van der Waals surface area contributed by atoms with Crippen molar-refractivity contribution in [2.24, 2.45) is 0 Å². The maximum Gasteiger partial charge on any atom is 0.255 e. The number of anilines is 1. The number of amides is 1. The van der Waals surface area contributed by atoms with Gasteiger partial charge in [-0.2, -0.15) is 0 Å². The molecule has 1 aliphatic heterocycles. The van der Waals surface area contributed by atoms with Gasteiger partial charge in [-0.05, 0) is 64.3 Å². The van der Waals surface area contributed by atoms with Crippen LogP contribution >= 0.6 is 27.5 Å². The van der Waals surface area contributed by atoms with E-state index in [-0.39, 0.29) is 5.91 Å². The van der Waals surface area contributed by atoms with E-state index in [1.165, 1.54) is 11.1 Å². The summed E-state index contributed by atoms with van der Waals surface area (Å²) in [5, 5.41) is 6.92. The lowest BCUT2D eigenvalue weighted by Crippen LogP contribution is -2.25. The lowest BCUT2D eigenvalue weighted by atomic mass is 9.99. The normalized spacial score (nSPS) is 13.6. The summed E-state index contributed by atoms with van der Waals surface area (Å²) in [6, 6.07) is 11.2. The zero-order chi connectivity index (χ0) is 14.8. The fourth-order valence-electron chi connectivity index (χ4n) is 2.46. The first-order valence-electron chi connectivity index (χ1n) is 6.73. The van der Waals surface area contributed by atoms with Crippen molar-refractivity contribution in [3.63, 3.8) is 0 Å². The van der Waals surface area contributed by atoms with Crippen LogP contribution in [-0.4, -0.2) is 12.5 Å². The quantitative estimate of drug-likeness (QED) is 0.844. The summed E-state index contributed by atoms with van der Waals surface area (Å²) in [6.45, 7) is 1.77. The van der Waals surface area contributed by atoms with E-state index in [2.05, 4.69) is 32.6 Å². The van der Waals surface area contributed by atoms with Crippen molar-refractivity contribution in [1.29, 1.82) is 0 Å². The second-order valence-corrected chi connectivity index (χ2v) is 6.21. The van der Waals surface area contributed by atoms with Crippen molar-refractivity contribution in [2.45, 2.75) is 13.0 Å². The SMILES string of the molecule is O=C(Nc1cccc2c1CNCC2)c1ccc(Cl)c(Br)c1. The topological polar surface area (TPSA) is 41.1 Å². The van der Waals surface area contributed by atoms with Crippen LogP contribution in [0.5, 0.6) is 0 Å². The highest BCUT2D eigenvalue weighted by Gasteiger charge is 2.15. The molecule has 1 aliphatic rings. The van der Waals surface area contributed by atoms with Gasteiger partial charge in [0, 0.05) is 22.3 Å². The monoisotopic (exact) mass is 364 g/mol. The predicted molar refractivity (Wildman–Crippen MR) is 89.0 cm³/mol. The van der Waals surface area contributed by atoms with Crippen LogP contribution in [0.1, 0.15) is 21.5 Å². The van der Waals surface area contributed by atoms with Crippen LogP contribution in [0.3, 0.4) is 0 Å². The molecule has 108 valence electrons. The third kappa shape index (κ3) is 3.12. The van der Waals surface area contributed by atoms with E-state index in [4.69, 9.17) is 11.6 Å². The van der Waals surface area contributed by atoms with Crippen molar-refractivity contribution < 1.29 is 4.79 Å². The Morgan fingerprint density at radius 3 is 2.95 bits per heavy atom. The maximum absolute atomic E-state index is 12.4. The smallest absolute Gasteiger partial charge is 0.255 e. The van der Waals surface area contributed by atoms with Gasteiger partial charge in [-0.3, -0.25) is 4.79 Å². The van der Waals surface area contributed by atoms with Gasteiger partial charge in [0.1, 0.15) is 0 Å². The largest absolute Gasteiger partial charge is 0.322 e. The molecule has 5 heteroatoms. The van der Waals surface area contributed by atoms with Crippen LogP contribution in [0.2, 0.25) is 5.02 Å². The van der Waals surface area contributed by atoms with Gasteiger partial charge >= 0.3 is 0 Å². The first-order valence-corrected chi connectivity index (χ1v) is 7.90. The summed E-state index contributed by atoms with van der Waals surface area (Å²) < 4.78 is 0.716. The average Bonchev–Trinajstić information content (AvgIpc) is 2.50. The second kappa shape index (κ2) is 6.18. The van der Waals surface area contributed by atoms with Crippen LogP contribution in [0.4, 0.5) is 5.69 Å². The molecule has 0 fully saturated rings. The molecule has 3 nitrogen and oxygen atoms in total. The molecule has 0 aliphatic carbocycles. The number of carbonyl (C=O) groups excluding carboxylic acids is 1. The Morgan fingerprint density at radius 2 is 2.14 bits per heavy atom. The number of rotatable bonds is 2. The molecule has 2 aromatic carbocycles. The van der Waals surface area contributed by atoms with Crippen molar-refractivity contribution >= 4 is 39.1 Å². The third-order valence-corrected chi connectivity index (χ3v) is 4.79. The molecule has 0 spiro atoms. The van der Waals surface area contributed by atoms with Crippen LogP contribution in [-0.2, 0) is 13.0 Å². The van der Waals surface area contributed by atoms with Gasteiger partial charge in [0.25, 0.3) is 5.91 Å². The molecule has 0 unspecified atom stereocenters. The molecule has 2 aromatic rings. The van der Waals surface area contributed by atoms with Gasteiger partial charge in [-0.25, -0.2) is 0 Å². The number of carbonyl (C=O) groups is 1. The van der Waals surface area contributed by atoms with Crippen LogP contribution in [0, 0.1) is 0 Å². The Hall–Kier alpha value is -1.36. The molecule has 1 amide bonds. The van der Waals surface area contributed by atoms with Gasteiger partial charge in [0.2, 0.25) is 0 Å². The van der Waals surface area contributed by atoms with Crippen LogP contribution < -0.4 is 10.6 Å². The molecule has 0 saturated carbocycles. The summed E-state index contributed by atoms with van der Waals surface area (Å²) in [5.41, 5.74) is 3.91. The minimum atomic E-state index is -0.133. The van der Waals surface area contributed by atoms with Crippen molar-refractivity contribution in [3.8, 4) is 0 Å². The summed E-state index contributed by atoms with van der Waals surface area (Å²) in [7, 11) is 0. The van der Waals surface area contributed by atoms with Gasteiger partial charge < -0.3 is 10.6 Å². The number of fused-ring (bicyclic) bond motifs is 1. The zero-order valence-corrected chi connectivity index (χ0v) is 13.6. The van der Waals surface area contributed by atoms with Crippen LogP contribution in [0.25, 0.3) is 0 Å². The predicted octanol–water partition coefficient (Wildman–Crippen LogP) is 4.00. The van der Waals surface area contributed by atoms with E-state index >= 15 is 0 Å². The van der Waals surface area contributed by atoms with Gasteiger partial charge in [0.15, 0.2) is 0 Å². The summed E-state index contributed by atoms with van der Waals surface area (Å²) in [4.78, 5) is 12.4. The highest BCUT2D eigenvalue weighted by molar-refractivity contribution is 9.10. The lowest BCUT2D eigenvalue weighted by Gasteiger charge is -2.20. The van der Waals surface area contributed by atoms with E-state index in [1.54, 1.807) is 18.2 Å². The zero-order valence-electron chi connectivity index (χ0n) is 11.2. The fraction of sp³-hybridized carbons (Fsp3) is 0.188. The number of hydrogen-bond acceptors (Lipinski definition) is 2. The molecule has 1 heterocycles. The van der Waals surface area contributed by atoms with E-state index in [9.17, 15) is 4.79 Å². The number of nitrogens with one attached hydrogen (secondary N) is 2. The molecule has 0 atom stereocenters. The Bertz CT molecular complexity index is 703. The minimum Gasteiger partial charge on any atom is -0.322 e. The number of benzene rings is 2. The molecular formula is C16H14BrClN2O. The van der Waals surface area contributed by atoms with Gasteiger partial charge in [0.05, 0.1) is 5.02 Å². The Kier molecular flexibility index (Phi) is 4.29. The van der Waals surface area contributed by atoms with Gasteiger partial charge in [-0.1, -0.05) is 23.7 Å². The summed E-state index contributed by atoms with van der Waals surface area (Å²) in [5.74, 6) is -0.133. The molecule has 2 N–H and O–H groups in total. The molecule has 0 saturated heterocycles. The second-order valence-electron chi connectivity index (χ2n) is 4.95. The summed E-state index contributed by atoms with van der Waals surface area (Å²) in [6.07, 6.45) is 0.992. The summed E-state index contributed by atoms with van der Waals surface area (Å²) >= 11 is 9.29. The average molecular weight is 366 g/mol. The first-order chi connectivity index (χ1) is 10.1. The van der Waals surface area contributed by atoms with E-state index in [1.807, 2.05) is 12.1 Å². The fourth-order valence-corrected chi connectivity index (χ4v) is 2.96. The Morgan fingerprint density at radius 1 is 1.29 bits per heavy atom. The third-order valence-electron chi connectivity index (χ3n) is 3.58. The highest BCUT2D eigenvalue weighted by Crippen LogP contribution is 2.26. The number of halogens is 2. The molecule has 0 bridgehead atoms. The molecule has 21 heavy (non-hydrogen) atoms.